The fourth-order valence-electron chi connectivity index (χ4n) is 5.41. The van der Waals surface area contributed by atoms with Gasteiger partial charge in [-0.05, 0) is 49.1 Å². The normalized spacial score (nSPS) is 22.4. The van der Waals surface area contributed by atoms with Crippen molar-refractivity contribution >= 4 is 11.4 Å². The second-order valence-corrected chi connectivity index (χ2v) is 10.2. The molecule has 5 rings (SSSR count). The molecule has 0 radical (unpaired) electrons. The summed E-state index contributed by atoms with van der Waals surface area (Å²) in [6.45, 7) is 9.96. The van der Waals surface area contributed by atoms with Crippen molar-refractivity contribution in [1.29, 1.82) is 5.26 Å². The molecule has 0 amide bonds. The summed E-state index contributed by atoms with van der Waals surface area (Å²) in [4.78, 5) is 4.72. The van der Waals surface area contributed by atoms with E-state index in [2.05, 4.69) is 57.7 Å². The monoisotopic (exact) mass is 505 g/mol. The first kappa shape index (κ1) is 25.8. The van der Waals surface area contributed by atoms with Crippen molar-refractivity contribution in [2.45, 2.75) is 38.0 Å². The van der Waals surface area contributed by atoms with Crippen LogP contribution in [0.4, 0.5) is 11.4 Å². The van der Waals surface area contributed by atoms with E-state index in [1.54, 1.807) is 0 Å². The minimum atomic E-state index is -0.487. The van der Waals surface area contributed by atoms with E-state index in [1.165, 1.54) is 0 Å². The van der Waals surface area contributed by atoms with Crippen molar-refractivity contribution in [2.75, 3.05) is 69.3 Å². The fraction of sp³-hybridized carbons (Fsp3) is 0.552. The molecule has 3 unspecified atom stereocenters. The number of nitriles is 1. The fourth-order valence-corrected chi connectivity index (χ4v) is 5.41. The molecule has 3 atom stereocenters. The van der Waals surface area contributed by atoms with E-state index in [4.69, 9.17) is 9.47 Å². The maximum absolute atomic E-state index is 10.2. The quantitative estimate of drug-likeness (QED) is 0.299. The van der Waals surface area contributed by atoms with Crippen LogP contribution in [0.5, 0.6) is 5.75 Å². The average molecular weight is 506 g/mol. The number of nitrogens with zero attached hydrogens (tertiary/aromatic N) is 3. The van der Waals surface area contributed by atoms with Gasteiger partial charge in [0, 0.05) is 62.6 Å². The van der Waals surface area contributed by atoms with E-state index in [0.717, 1.165) is 93.6 Å². The molecule has 2 fully saturated rings. The zero-order chi connectivity index (χ0) is 25.6. The van der Waals surface area contributed by atoms with Gasteiger partial charge in [0.25, 0.3) is 0 Å². The van der Waals surface area contributed by atoms with Crippen LogP contribution in [-0.4, -0.2) is 75.3 Å². The zero-order valence-corrected chi connectivity index (χ0v) is 21.7. The number of aliphatic hydroxyl groups is 1. The lowest BCUT2D eigenvalue weighted by Crippen LogP contribution is -2.40. The summed E-state index contributed by atoms with van der Waals surface area (Å²) >= 11 is 0. The zero-order valence-electron chi connectivity index (χ0n) is 21.7. The predicted molar refractivity (Wildman–Crippen MR) is 145 cm³/mol. The van der Waals surface area contributed by atoms with Crippen LogP contribution >= 0.6 is 0 Å². The lowest BCUT2D eigenvalue weighted by molar-refractivity contribution is 0.0383. The second kappa shape index (κ2) is 12.1. The summed E-state index contributed by atoms with van der Waals surface area (Å²) < 4.78 is 11.5. The SMILES string of the molecule is CCN1c2cc(OCCNCCN3CCOCC3)ccc2C(C#N)C1c1ccc(NC(O)C2CC2)cc1. The van der Waals surface area contributed by atoms with Gasteiger partial charge in [0.1, 0.15) is 18.6 Å². The van der Waals surface area contributed by atoms with Gasteiger partial charge in [0.2, 0.25) is 0 Å². The number of aliphatic hydroxyl groups excluding tert-OH is 1. The highest BCUT2D eigenvalue weighted by atomic mass is 16.5. The van der Waals surface area contributed by atoms with E-state index < -0.39 is 6.23 Å². The Balaban J connectivity index is 1.18. The summed E-state index contributed by atoms with van der Waals surface area (Å²) in [5.41, 5.74) is 4.13. The Bertz CT molecular complexity index is 1060. The van der Waals surface area contributed by atoms with Crippen molar-refractivity contribution in [3.05, 3.63) is 53.6 Å². The van der Waals surface area contributed by atoms with E-state index in [9.17, 15) is 10.4 Å². The van der Waals surface area contributed by atoms with Gasteiger partial charge in [-0.2, -0.15) is 5.26 Å². The first-order valence-corrected chi connectivity index (χ1v) is 13.7. The third-order valence-electron chi connectivity index (χ3n) is 7.67. The summed E-state index contributed by atoms with van der Waals surface area (Å²) in [6, 6.07) is 16.8. The smallest absolute Gasteiger partial charge is 0.127 e. The lowest BCUT2D eigenvalue weighted by Gasteiger charge is -2.28. The van der Waals surface area contributed by atoms with Crippen molar-refractivity contribution in [2.24, 2.45) is 5.92 Å². The molecule has 0 bridgehead atoms. The van der Waals surface area contributed by atoms with Gasteiger partial charge in [-0.15, -0.1) is 0 Å². The van der Waals surface area contributed by atoms with Gasteiger partial charge in [0.15, 0.2) is 0 Å². The van der Waals surface area contributed by atoms with Crippen LogP contribution in [0.15, 0.2) is 42.5 Å². The molecule has 3 aliphatic rings. The highest BCUT2D eigenvalue weighted by Crippen LogP contribution is 2.49. The van der Waals surface area contributed by atoms with Crippen LogP contribution in [-0.2, 0) is 4.74 Å². The molecular weight excluding hydrogens is 466 g/mol. The maximum atomic E-state index is 10.2. The molecule has 2 aliphatic heterocycles. The van der Waals surface area contributed by atoms with Crippen molar-refractivity contribution in [1.82, 2.24) is 10.2 Å². The Kier molecular flexibility index (Phi) is 8.47. The highest BCUT2D eigenvalue weighted by Gasteiger charge is 2.39. The van der Waals surface area contributed by atoms with Crippen molar-refractivity contribution in [3.63, 3.8) is 0 Å². The average Bonchev–Trinajstić information content (AvgIpc) is 3.74. The van der Waals surface area contributed by atoms with Crippen LogP contribution in [0.2, 0.25) is 0 Å². The third-order valence-corrected chi connectivity index (χ3v) is 7.67. The number of ether oxygens (including phenoxy) is 2. The number of nitrogens with one attached hydrogen (secondary N) is 2. The second-order valence-electron chi connectivity index (χ2n) is 10.2. The molecule has 2 aromatic rings. The van der Waals surface area contributed by atoms with E-state index in [0.29, 0.717) is 12.5 Å². The first-order valence-electron chi connectivity index (χ1n) is 13.7. The number of fused-ring (bicyclic) bond motifs is 1. The number of anilines is 2. The van der Waals surface area contributed by atoms with Gasteiger partial charge >= 0.3 is 0 Å². The van der Waals surface area contributed by atoms with Gasteiger partial charge in [0.05, 0.1) is 31.2 Å². The Morgan fingerprint density at radius 1 is 1.14 bits per heavy atom. The molecule has 198 valence electrons. The third kappa shape index (κ3) is 6.19. The number of benzene rings is 2. The van der Waals surface area contributed by atoms with Gasteiger partial charge in [-0.3, -0.25) is 4.90 Å². The first-order chi connectivity index (χ1) is 18.2. The maximum Gasteiger partial charge on any atom is 0.127 e. The number of hydrogen-bond donors (Lipinski definition) is 3. The molecule has 1 aliphatic carbocycles. The van der Waals surface area contributed by atoms with Crippen molar-refractivity contribution < 1.29 is 14.6 Å². The van der Waals surface area contributed by atoms with Crippen LogP contribution in [0.3, 0.4) is 0 Å². The molecule has 0 spiro atoms. The Labute approximate surface area is 220 Å². The number of rotatable bonds is 12. The summed E-state index contributed by atoms with van der Waals surface area (Å²) in [5.74, 6) is 0.949. The molecule has 8 nitrogen and oxygen atoms in total. The molecule has 1 saturated carbocycles. The van der Waals surface area contributed by atoms with Crippen LogP contribution in [0.25, 0.3) is 0 Å². The van der Waals surface area contributed by atoms with Crippen molar-refractivity contribution in [3.8, 4) is 11.8 Å². The molecule has 3 N–H and O–H groups in total. The van der Waals surface area contributed by atoms with E-state index in [1.807, 2.05) is 18.2 Å². The van der Waals surface area contributed by atoms with Crippen LogP contribution < -0.4 is 20.3 Å². The van der Waals surface area contributed by atoms with Crippen LogP contribution in [0.1, 0.15) is 42.9 Å². The molecule has 0 aromatic heterocycles. The minimum Gasteiger partial charge on any atom is -0.492 e. The molecule has 2 heterocycles. The largest absolute Gasteiger partial charge is 0.492 e. The topological polar surface area (TPSA) is 93.0 Å². The molecule has 37 heavy (non-hydrogen) atoms. The Hall–Kier alpha value is -2.83. The van der Waals surface area contributed by atoms with Crippen LogP contribution in [0, 0.1) is 17.2 Å². The van der Waals surface area contributed by atoms with Gasteiger partial charge in [-0.25, -0.2) is 0 Å². The van der Waals surface area contributed by atoms with E-state index >= 15 is 0 Å². The predicted octanol–water partition coefficient (Wildman–Crippen LogP) is 3.32. The van der Waals surface area contributed by atoms with Gasteiger partial charge in [-0.1, -0.05) is 18.2 Å². The Morgan fingerprint density at radius 2 is 1.92 bits per heavy atom. The summed E-state index contributed by atoms with van der Waals surface area (Å²) in [5, 5.41) is 27.0. The molecule has 2 aromatic carbocycles. The summed E-state index contributed by atoms with van der Waals surface area (Å²) in [7, 11) is 0. The van der Waals surface area contributed by atoms with Gasteiger partial charge < -0.3 is 30.1 Å². The lowest BCUT2D eigenvalue weighted by atomic mass is 9.91. The molecular formula is C29H39N5O3. The summed E-state index contributed by atoms with van der Waals surface area (Å²) in [6.07, 6.45) is 1.68. The standard InChI is InChI=1S/C29H39N5O3/c1-2-34-27-19-24(37-16-12-31-11-13-33-14-17-36-18-15-33)9-10-25(27)26(20-30)28(34)21-5-7-23(8-6-21)32-29(35)22-3-4-22/h5-10,19,22,26,28-29,31-32,35H,2-4,11-18H2,1H3. The Morgan fingerprint density at radius 3 is 2.62 bits per heavy atom. The minimum absolute atomic E-state index is 0.0514. The number of likely N-dealkylation sites (N-methyl/N-ethyl adjacent to an activating group) is 1. The number of morpholine rings is 1. The van der Waals surface area contributed by atoms with E-state index in [-0.39, 0.29) is 12.0 Å². The molecule has 8 heteroatoms. The highest BCUT2D eigenvalue weighted by molar-refractivity contribution is 5.67. The number of hydrogen-bond acceptors (Lipinski definition) is 8. The molecule has 1 saturated heterocycles.